The van der Waals surface area contributed by atoms with Gasteiger partial charge in [0.1, 0.15) is 12.2 Å². The standard InChI is InChI=1S/C26H19BrIN3O7/c1-2-37-22-13-16(12-21(28)23(22)38-14-15-3-5-17(27)6-4-15)11-20-24(32)29-26(34)30(25(20)33)18-7-9-19(10-8-18)31(35)36/h3-13H,2,14H2,1H3,(H,29,32,34)/b20-11+. The molecule has 1 heterocycles. The van der Waals surface area contributed by atoms with Crippen molar-refractivity contribution >= 4 is 73.8 Å². The minimum atomic E-state index is -0.952. The number of amides is 4. The zero-order chi connectivity index (χ0) is 27.4. The van der Waals surface area contributed by atoms with E-state index in [0.29, 0.717) is 33.8 Å². The van der Waals surface area contributed by atoms with Crippen LogP contribution in [0, 0.1) is 13.7 Å². The van der Waals surface area contributed by atoms with Gasteiger partial charge in [-0.1, -0.05) is 28.1 Å². The Bertz CT molecular complexity index is 1460. The molecule has 0 radical (unpaired) electrons. The molecule has 38 heavy (non-hydrogen) atoms. The first kappa shape index (κ1) is 27.3. The van der Waals surface area contributed by atoms with Gasteiger partial charge >= 0.3 is 6.03 Å². The SMILES string of the molecule is CCOc1cc(/C=C2\C(=O)NC(=O)N(c3ccc([N+](=O)[O-])cc3)C2=O)cc(I)c1OCc1ccc(Br)cc1. The van der Waals surface area contributed by atoms with Gasteiger partial charge in [0, 0.05) is 16.6 Å². The van der Waals surface area contributed by atoms with Crippen molar-refractivity contribution in [2.45, 2.75) is 13.5 Å². The van der Waals surface area contributed by atoms with E-state index in [0.717, 1.165) is 14.9 Å². The van der Waals surface area contributed by atoms with E-state index in [1.165, 1.54) is 30.3 Å². The number of hydrogen-bond donors (Lipinski definition) is 1. The summed E-state index contributed by atoms with van der Waals surface area (Å²) in [6.07, 6.45) is 1.35. The number of hydrogen-bond acceptors (Lipinski definition) is 7. The van der Waals surface area contributed by atoms with Crippen molar-refractivity contribution in [1.82, 2.24) is 5.32 Å². The van der Waals surface area contributed by atoms with Gasteiger partial charge in [-0.3, -0.25) is 25.0 Å². The second-order valence-electron chi connectivity index (χ2n) is 7.91. The third-order valence-corrected chi connectivity index (χ3v) is 6.69. The highest BCUT2D eigenvalue weighted by atomic mass is 127. The summed E-state index contributed by atoms with van der Waals surface area (Å²) in [4.78, 5) is 49.3. The molecule has 0 saturated carbocycles. The van der Waals surface area contributed by atoms with E-state index in [1.807, 2.05) is 31.2 Å². The van der Waals surface area contributed by atoms with E-state index in [1.54, 1.807) is 12.1 Å². The maximum atomic E-state index is 13.2. The molecular weight excluding hydrogens is 673 g/mol. The van der Waals surface area contributed by atoms with Gasteiger partial charge in [0.25, 0.3) is 17.5 Å². The molecule has 12 heteroatoms. The molecule has 4 amide bonds. The number of ether oxygens (including phenoxy) is 2. The molecule has 0 atom stereocenters. The predicted octanol–water partition coefficient (Wildman–Crippen LogP) is 5.61. The lowest BCUT2D eigenvalue weighted by Crippen LogP contribution is -2.54. The van der Waals surface area contributed by atoms with Crippen molar-refractivity contribution in [1.29, 1.82) is 0 Å². The first-order valence-electron chi connectivity index (χ1n) is 11.2. The Hall–Kier alpha value is -3.78. The topological polar surface area (TPSA) is 128 Å². The summed E-state index contributed by atoms with van der Waals surface area (Å²) >= 11 is 5.49. The number of rotatable bonds is 8. The zero-order valence-electron chi connectivity index (χ0n) is 19.8. The van der Waals surface area contributed by atoms with E-state index in [4.69, 9.17) is 9.47 Å². The maximum Gasteiger partial charge on any atom is 0.335 e. The number of nitrogens with one attached hydrogen (secondary N) is 1. The molecule has 10 nitrogen and oxygen atoms in total. The number of carbonyl (C=O) groups is 3. The molecule has 3 aromatic carbocycles. The molecular formula is C26H19BrIN3O7. The molecule has 0 spiro atoms. The number of imide groups is 2. The van der Waals surface area contributed by atoms with Crippen LogP contribution < -0.4 is 19.7 Å². The van der Waals surface area contributed by atoms with Crippen LogP contribution in [0.1, 0.15) is 18.1 Å². The summed E-state index contributed by atoms with van der Waals surface area (Å²) in [5.41, 5.74) is 1.02. The Labute approximate surface area is 239 Å². The van der Waals surface area contributed by atoms with Gasteiger partial charge in [-0.15, -0.1) is 0 Å². The Morgan fingerprint density at radius 1 is 1.05 bits per heavy atom. The van der Waals surface area contributed by atoms with Crippen LogP contribution in [-0.4, -0.2) is 29.4 Å². The van der Waals surface area contributed by atoms with Gasteiger partial charge in [0.2, 0.25) is 0 Å². The van der Waals surface area contributed by atoms with Crippen LogP contribution in [0.4, 0.5) is 16.2 Å². The fourth-order valence-corrected chi connectivity index (χ4v) is 4.64. The monoisotopic (exact) mass is 691 g/mol. The second kappa shape index (κ2) is 11.7. The lowest BCUT2D eigenvalue weighted by Gasteiger charge is -2.26. The number of carbonyl (C=O) groups excluding carboxylic acids is 3. The van der Waals surface area contributed by atoms with Crippen molar-refractivity contribution < 1.29 is 28.8 Å². The first-order valence-corrected chi connectivity index (χ1v) is 13.0. The van der Waals surface area contributed by atoms with Crippen LogP contribution in [0.2, 0.25) is 0 Å². The van der Waals surface area contributed by atoms with Crippen LogP contribution in [0.15, 0.2) is 70.7 Å². The number of benzene rings is 3. The summed E-state index contributed by atoms with van der Waals surface area (Å²) in [7, 11) is 0. The second-order valence-corrected chi connectivity index (χ2v) is 9.99. The summed E-state index contributed by atoms with van der Waals surface area (Å²) in [6.45, 7) is 2.48. The normalized spacial score (nSPS) is 14.4. The molecule has 1 fully saturated rings. The molecule has 194 valence electrons. The number of anilines is 1. The number of barbiturate groups is 1. The Morgan fingerprint density at radius 3 is 2.37 bits per heavy atom. The van der Waals surface area contributed by atoms with Crippen molar-refractivity contribution in [2.75, 3.05) is 11.5 Å². The molecule has 0 bridgehead atoms. The van der Waals surface area contributed by atoms with Crippen molar-refractivity contribution in [3.05, 3.63) is 95.5 Å². The highest BCUT2D eigenvalue weighted by Crippen LogP contribution is 2.36. The summed E-state index contributed by atoms with van der Waals surface area (Å²) < 4.78 is 13.5. The molecule has 3 aromatic rings. The van der Waals surface area contributed by atoms with E-state index >= 15 is 0 Å². The summed E-state index contributed by atoms with van der Waals surface area (Å²) in [6, 6.07) is 15.0. The number of halogens is 2. The molecule has 1 saturated heterocycles. The minimum Gasteiger partial charge on any atom is -0.490 e. The predicted molar refractivity (Wildman–Crippen MR) is 151 cm³/mol. The maximum absolute atomic E-state index is 13.2. The highest BCUT2D eigenvalue weighted by Gasteiger charge is 2.37. The van der Waals surface area contributed by atoms with Gasteiger partial charge < -0.3 is 9.47 Å². The van der Waals surface area contributed by atoms with Gasteiger partial charge in [0.05, 0.1) is 20.8 Å². The zero-order valence-corrected chi connectivity index (χ0v) is 23.5. The molecule has 1 aliphatic rings. The van der Waals surface area contributed by atoms with E-state index < -0.39 is 22.8 Å². The van der Waals surface area contributed by atoms with Crippen LogP contribution in [0.3, 0.4) is 0 Å². The molecule has 0 unspecified atom stereocenters. The Kier molecular flexibility index (Phi) is 8.42. The number of non-ortho nitro benzene ring substituents is 1. The smallest absolute Gasteiger partial charge is 0.335 e. The molecule has 4 rings (SSSR count). The van der Waals surface area contributed by atoms with E-state index in [-0.39, 0.29) is 16.9 Å². The lowest BCUT2D eigenvalue weighted by atomic mass is 10.1. The highest BCUT2D eigenvalue weighted by molar-refractivity contribution is 14.1. The quantitative estimate of drug-likeness (QED) is 0.107. The number of nitro groups is 1. The fourth-order valence-electron chi connectivity index (χ4n) is 3.59. The van der Waals surface area contributed by atoms with E-state index in [9.17, 15) is 24.5 Å². The molecule has 0 aliphatic carbocycles. The minimum absolute atomic E-state index is 0.0813. The molecule has 0 aromatic heterocycles. The largest absolute Gasteiger partial charge is 0.490 e. The van der Waals surface area contributed by atoms with Crippen LogP contribution >= 0.6 is 38.5 Å². The Balaban J connectivity index is 1.64. The van der Waals surface area contributed by atoms with Crippen LogP contribution in [-0.2, 0) is 16.2 Å². The van der Waals surface area contributed by atoms with Gasteiger partial charge in [-0.25, -0.2) is 9.69 Å². The van der Waals surface area contributed by atoms with Crippen molar-refractivity contribution in [3.8, 4) is 11.5 Å². The fraction of sp³-hybridized carbons (Fsp3) is 0.115. The number of nitrogens with zero attached hydrogens (tertiary/aromatic N) is 2. The average Bonchev–Trinajstić information content (AvgIpc) is 2.87. The van der Waals surface area contributed by atoms with Crippen LogP contribution in [0.25, 0.3) is 6.08 Å². The van der Waals surface area contributed by atoms with Gasteiger partial charge in [-0.2, -0.15) is 0 Å². The third-order valence-electron chi connectivity index (χ3n) is 5.36. The van der Waals surface area contributed by atoms with E-state index in [2.05, 4.69) is 43.8 Å². The average molecular weight is 692 g/mol. The molecule has 1 N–H and O–H groups in total. The van der Waals surface area contributed by atoms with Gasteiger partial charge in [0.15, 0.2) is 11.5 Å². The lowest BCUT2D eigenvalue weighted by molar-refractivity contribution is -0.384. The van der Waals surface area contributed by atoms with Crippen molar-refractivity contribution in [3.63, 3.8) is 0 Å². The van der Waals surface area contributed by atoms with Gasteiger partial charge in [-0.05, 0) is 83.1 Å². The number of nitro benzene ring substituents is 1. The van der Waals surface area contributed by atoms with Crippen molar-refractivity contribution in [2.24, 2.45) is 0 Å². The Morgan fingerprint density at radius 2 is 1.74 bits per heavy atom. The summed E-state index contributed by atoms with van der Waals surface area (Å²) in [5, 5.41) is 13.1. The number of urea groups is 1. The third kappa shape index (κ3) is 6.02. The first-order chi connectivity index (χ1) is 18.2. The molecule has 1 aliphatic heterocycles. The summed E-state index contributed by atoms with van der Waals surface area (Å²) in [5.74, 6) is -0.784. The van der Waals surface area contributed by atoms with Crippen LogP contribution in [0.5, 0.6) is 11.5 Å².